The fourth-order valence-corrected chi connectivity index (χ4v) is 3.24. The van der Waals surface area contributed by atoms with Crippen LogP contribution in [0.3, 0.4) is 0 Å². The summed E-state index contributed by atoms with van der Waals surface area (Å²) >= 11 is 0. The molecule has 0 bridgehead atoms. The zero-order chi connectivity index (χ0) is 19.3. The fourth-order valence-electron chi connectivity index (χ4n) is 3.24. The average molecular weight is 366 g/mol. The van der Waals surface area contributed by atoms with E-state index in [0.29, 0.717) is 11.1 Å². The van der Waals surface area contributed by atoms with Crippen LogP contribution in [-0.4, -0.2) is 11.8 Å². The molecule has 0 aliphatic carbocycles. The van der Waals surface area contributed by atoms with E-state index in [1.54, 1.807) is 48.5 Å². The quantitative estimate of drug-likeness (QED) is 0.349. The van der Waals surface area contributed by atoms with Crippen LogP contribution in [0.5, 0.6) is 0 Å². The number of carbonyl (C=O) groups is 2. The Balaban J connectivity index is 1.58. The molecule has 0 spiro atoms. The summed E-state index contributed by atoms with van der Waals surface area (Å²) in [7, 11) is 0. The molecule has 28 heavy (non-hydrogen) atoms. The Morgan fingerprint density at radius 1 is 0.643 bits per heavy atom. The van der Waals surface area contributed by atoms with Crippen LogP contribution < -0.4 is 0 Å². The number of fused-ring (bicyclic) bond motifs is 1. The first kappa shape index (κ1) is 17.7. The Kier molecular flexibility index (Phi) is 4.98. The van der Waals surface area contributed by atoms with Gasteiger partial charge in [0, 0.05) is 11.1 Å². The van der Waals surface area contributed by atoms with E-state index in [-0.39, 0.29) is 18.0 Å². The van der Waals surface area contributed by atoms with Crippen LogP contribution in [0.2, 0.25) is 0 Å². The van der Waals surface area contributed by atoms with Gasteiger partial charge in [-0.25, -0.2) is 4.79 Å². The molecule has 0 unspecified atom stereocenters. The summed E-state index contributed by atoms with van der Waals surface area (Å²) in [6, 6.07) is 29.6. The van der Waals surface area contributed by atoms with Gasteiger partial charge in [-0.3, -0.25) is 4.79 Å². The minimum atomic E-state index is -0.507. The molecule has 0 saturated carbocycles. The molecule has 0 amide bonds. The number of carbonyl (C=O) groups excluding carboxylic acids is 2. The number of esters is 1. The van der Waals surface area contributed by atoms with Gasteiger partial charge in [0.15, 0.2) is 5.78 Å². The topological polar surface area (TPSA) is 43.4 Å². The van der Waals surface area contributed by atoms with E-state index in [4.69, 9.17) is 4.74 Å². The van der Waals surface area contributed by atoms with E-state index in [9.17, 15) is 9.59 Å². The minimum absolute atomic E-state index is 0.147. The molecule has 4 aromatic carbocycles. The summed E-state index contributed by atoms with van der Waals surface area (Å²) in [4.78, 5) is 25.5. The van der Waals surface area contributed by atoms with E-state index < -0.39 is 5.97 Å². The fraction of sp³-hybridized carbons (Fsp3) is 0.0400. The third kappa shape index (κ3) is 3.55. The molecule has 0 radical (unpaired) electrons. The molecule has 0 aliphatic rings. The van der Waals surface area contributed by atoms with Crippen LogP contribution in [0.4, 0.5) is 0 Å². The van der Waals surface area contributed by atoms with Gasteiger partial charge in [-0.15, -0.1) is 0 Å². The summed E-state index contributed by atoms with van der Waals surface area (Å²) in [6.45, 7) is 0.147. The van der Waals surface area contributed by atoms with Gasteiger partial charge in [0.25, 0.3) is 0 Å². The maximum absolute atomic E-state index is 12.8. The highest BCUT2D eigenvalue weighted by Crippen LogP contribution is 2.21. The van der Waals surface area contributed by atoms with Gasteiger partial charge in [-0.05, 0) is 22.4 Å². The maximum atomic E-state index is 12.8. The third-order valence-corrected chi connectivity index (χ3v) is 4.67. The van der Waals surface area contributed by atoms with Gasteiger partial charge in [0.1, 0.15) is 6.61 Å². The van der Waals surface area contributed by atoms with Crippen LogP contribution >= 0.6 is 0 Å². The van der Waals surface area contributed by atoms with Crippen molar-refractivity contribution >= 4 is 22.5 Å². The van der Waals surface area contributed by atoms with E-state index in [1.807, 2.05) is 48.5 Å². The smallest absolute Gasteiger partial charge is 0.339 e. The molecular formula is C25H18O3. The highest BCUT2D eigenvalue weighted by Gasteiger charge is 2.19. The monoisotopic (exact) mass is 366 g/mol. The zero-order valence-corrected chi connectivity index (χ0v) is 15.2. The second-order valence-electron chi connectivity index (χ2n) is 6.46. The van der Waals surface area contributed by atoms with Gasteiger partial charge >= 0.3 is 5.97 Å². The summed E-state index contributed by atoms with van der Waals surface area (Å²) < 4.78 is 5.56. The maximum Gasteiger partial charge on any atom is 0.339 e. The van der Waals surface area contributed by atoms with Crippen LogP contribution in [0, 0.1) is 0 Å². The van der Waals surface area contributed by atoms with Gasteiger partial charge in [-0.2, -0.15) is 0 Å². The lowest BCUT2D eigenvalue weighted by Gasteiger charge is -2.11. The van der Waals surface area contributed by atoms with Gasteiger partial charge in [-0.1, -0.05) is 91.0 Å². The molecule has 4 rings (SSSR count). The predicted octanol–water partition coefficient (Wildman–Crippen LogP) is 5.43. The molecule has 0 atom stereocenters. The third-order valence-electron chi connectivity index (χ3n) is 4.67. The Hall–Kier alpha value is -3.72. The molecular weight excluding hydrogens is 348 g/mol. The normalized spacial score (nSPS) is 10.6. The molecule has 0 N–H and O–H groups in total. The van der Waals surface area contributed by atoms with Crippen LogP contribution in [0.15, 0.2) is 97.1 Å². The summed E-state index contributed by atoms with van der Waals surface area (Å²) in [5, 5.41) is 2.14. The van der Waals surface area contributed by atoms with Crippen molar-refractivity contribution in [2.75, 3.05) is 0 Å². The molecule has 136 valence electrons. The number of ether oxygens (including phenoxy) is 1. The van der Waals surface area contributed by atoms with Crippen LogP contribution in [-0.2, 0) is 11.3 Å². The average Bonchev–Trinajstić information content (AvgIpc) is 2.77. The SMILES string of the molecule is O=C(OCc1cccc2ccccc12)c1ccccc1C(=O)c1ccccc1. The zero-order valence-electron chi connectivity index (χ0n) is 15.2. The molecule has 3 nitrogen and oxygen atoms in total. The lowest BCUT2D eigenvalue weighted by molar-refractivity contribution is 0.0472. The minimum Gasteiger partial charge on any atom is -0.457 e. The lowest BCUT2D eigenvalue weighted by atomic mass is 9.98. The Bertz CT molecular complexity index is 1140. The number of benzene rings is 4. The largest absolute Gasteiger partial charge is 0.457 e. The van der Waals surface area contributed by atoms with E-state index in [2.05, 4.69) is 0 Å². The number of ketones is 1. The van der Waals surface area contributed by atoms with Gasteiger partial charge in [0.05, 0.1) is 5.56 Å². The summed E-state index contributed by atoms with van der Waals surface area (Å²) in [6.07, 6.45) is 0. The van der Waals surface area contributed by atoms with Crippen molar-refractivity contribution in [3.05, 3.63) is 119 Å². The highest BCUT2D eigenvalue weighted by molar-refractivity contribution is 6.14. The second kappa shape index (κ2) is 7.89. The predicted molar refractivity (Wildman–Crippen MR) is 109 cm³/mol. The molecule has 0 aromatic heterocycles. The van der Waals surface area contributed by atoms with Crippen LogP contribution in [0.1, 0.15) is 31.8 Å². The first-order valence-corrected chi connectivity index (χ1v) is 9.06. The van der Waals surface area contributed by atoms with Crippen molar-refractivity contribution in [2.45, 2.75) is 6.61 Å². The van der Waals surface area contributed by atoms with Crippen LogP contribution in [0.25, 0.3) is 10.8 Å². The Morgan fingerprint density at radius 3 is 2.11 bits per heavy atom. The van der Waals surface area contributed by atoms with Crippen molar-refractivity contribution in [3.63, 3.8) is 0 Å². The van der Waals surface area contributed by atoms with Crippen molar-refractivity contribution in [3.8, 4) is 0 Å². The van der Waals surface area contributed by atoms with E-state index >= 15 is 0 Å². The molecule has 0 saturated heterocycles. The van der Waals surface area contributed by atoms with Gasteiger partial charge < -0.3 is 4.74 Å². The first-order chi connectivity index (χ1) is 13.7. The summed E-state index contributed by atoms with van der Waals surface area (Å²) in [5.41, 5.74) is 2.09. The standard InChI is InChI=1S/C25H18O3/c26-24(19-10-2-1-3-11-19)22-15-6-7-16-23(22)25(27)28-17-20-13-8-12-18-9-4-5-14-21(18)20/h1-16H,17H2. The van der Waals surface area contributed by atoms with Crippen molar-refractivity contribution in [1.82, 2.24) is 0 Å². The summed E-state index contributed by atoms with van der Waals surface area (Å²) in [5.74, 6) is -0.703. The van der Waals surface area contributed by atoms with E-state index in [1.165, 1.54) is 0 Å². The molecule has 3 heteroatoms. The van der Waals surface area contributed by atoms with E-state index in [0.717, 1.165) is 16.3 Å². The molecule has 4 aromatic rings. The molecule has 0 heterocycles. The number of hydrogen-bond donors (Lipinski definition) is 0. The first-order valence-electron chi connectivity index (χ1n) is 9.06. The number of hydrogen-bond acceptors (Lipinski definition) is 3. The number of rotatable bonds is 5. The molecule has 0 aliphatic heterocycles. The van der Waals surface area contributed by atoms with Crippen molar-refractivity contribution < 1.29 is 14.3 Å². The van der Waals surface area contributed by atoms with Crippen molar-refractivity contribution in [2.24, 2.45) is 0 Å². The Morgan fingerprint density at radius 2 is 1.29 bits per heavy atom. The second-order valence-corrected chi connectivity index (χ2v) is 6.46. The van der Waals surface area contributed by atoms with Crippen molar-refractivity contribution in [1.29, 1.82) is 0 Å². The Labute approximate surface area is 163 Å². The molecule has 0 fully saturated rings. The van der Waals surface area contributed by atoms with Gasteiger partial charge in [0.2, 0.25) is 0 Å². The lowest BCUT2D eigenvalue weighted by Crippen LogP contribution is -2.12. The highest BCUT2D eigenvalue weighted by atomic mass is 16.5.